The van der Waals surface area contributed by atoms with Gasteiger partial charge in [0.1, 0.15) is 16.5 Å². The van der Waals surface area contributed by atoms with Crippen LogP contribution in [0.1, 0.15) is 50.0 Å². The summed E-state index contributed by atoms with van der Waals surface area (Å²) in [5.74, 6) is -0.0812. The predicted octanol–water partition coefficient (Wildman–Crippen LogP) is 3.05. The lowest BCUT2D eigenvalue weighted by Crippen LogP contribution is -2.32. The van der Waals surface area contributed by atoms with Crippen LogP contribution in [0.2, 0.25) is 0 Å². The van der Waals surface area contributed by atoms with Crippen LogP contribution >= 0.6 is 0 Å². The predicted molar refractivity (Wildman–Crippen MR) is 117 cm³/mol. The zero-order valence-corrected chi connectivity index (χ0v) is 19.1. The standard InChI is InChI=1S/C21H28N4O5S/c1-5-11-24(12-6-2)31(28,29)17-13-15(7-8-16(17)30-4)20-14(3)23-25-19(27)10-9-18(26)22-21(20)25/h7-8,13H,5-6,9-12H2,1-4H3,(H,22,26). The smallest absolute Gasteiger partial charge is 0.249 e. The van der Waals surface area contributed by atoms with E-state index in [0.29, 0.717) is 42.8 Å². The van der Waals surface area contributed by atoms with E-state index in [0.717, 1.165) is 0 Å². The molecule has 1 aliphatic heterocycles. The third-order valence-electron chi connectivity index (χ3n) is 5.14. The van der Waals surface area contributed by atoms with Crippen LogP contribution in [0.15, 0.2) is 23.1 Å². The highest BCUT2D eigenvalue weighted by Crippen LogP contribution is 2.37. The zero-order chi connectivity index (χ0) is 22.8. The van der Waals surface area contributed by atoms with Gasteiger partial charge in [-0.25, -0.2) is 8.42 Å². The molecule has 1 aliphatic rings. The van der Waals surface area contributed by atoms with E-state index in [9.17, 15) is 18.0 Å². The normalized spacial score (nSPS) is 14.4. The molecule has 0 aliphatic carbocycles. The van der Waals surface area contributed by atoms with Gasteiger partial charge in [0.15, 0.2) is 0 Å². The Balaban J connectivity index is 2.19. The maximum Gasteiger partial charge on any atom is 0.249 e. The van der Waals surface area contributed by atoms with Gasteiger partial charge in [0.2, 0.25) is 21.8 Å². The van der Waals surface area contributed by atoms with E-state index in [4.69, 9.17) is 4.74 Å². The van der Waals surface area contributed by atoms with E-state index in [1.54, 1.807) is 19.1 Å². The topological polar surface area (TPSA) is 111 Å². The van der Waals surface area contributed by atoms with Gasteiger partial charge in [-0.05, 0) is 37.5 Å². The van der Waals surface area contributed by atoms with E-state index < -0.39 is 10.0 Å². The van der Waals surface area contributed by atoms with Crippen molar-refractivity contribution in [3.8, 4) is 16.9 Å². The number of nitrogens with zero attached hydrogens (tertiary/aromatic N) is 3. The van der Waals surface area contributed by atoms with Crippen LogP contribution in [0.5, 0.6) is 5.75 Å². The first-order valence-electron chi connectivity index (χ1n) is 10.4. The number of methoxy groups -OCH3 is 1. The van der Waals surface area contributed by atoms with Crippen LogP contribution in [0.4, 0.5) is 5.82 Å². The van der Waals surface area contributed by atoms with E-state index in [1.165, 1.54) is 22.2 Å². The van der Waals surface area contributed by atoms with Crippen LogP contribution < -0.4 is 10.1 Å². The summed E-state index contributed by atoms with van der Waals surface area (Å²) in [6.45, 7) is 6.37. The van der Waals surface area contributed by atoms with Crippen LogP contribution in [0, 0.1) is 6.92 Å². The van der Waals surface area contributed by atoms with Gasteiger partial charge in [-0.15, -0.1) is 0 Å². The number of hydrogen-bond acceptors (Lipinski definition) is 6. The number of carbonyl (C=O) groups is 2. The lowest BCUT2D eigenvalue weighted by molar-refractivity contribution is -0.116. The molecule has 1 amide bonds. The van der Waals surface area contributed by atoms with Gasteiger partial charge in [0.25, 0.3) is 0 Å². The SMILES string of the molecule is CCCN(CCC)S(=O)(=O)c1cc(-c2c(C)nn3c2NC(=O)CCC3=O)ccc1OC. The van der Waals surface area contributed by atoms with Crippen molar-refractivity contribution in [3.63, 3.8) is 0 Å². The molecule has 0 fully saturated rings. The summed E-state index contributed by atoms with van der Waals surface area (Å²) in [5, 5.41) is 7.03. The van der Waals surface area contributed by atoms with Crippen LogP contribution in [-0.4, -0.2) is 54.5 Å². The third kappa shape index (κ3) is 4.35. The molecule has 9 nitrogen and oxygen atoms in total. The quantitative estimate of drug-likeness (QED) is 0.665. The average Bonchev–Trinajstić information content (AvgIpc) is 2.99. The number of aromatic nitrogens is 2. The molecular formula is C21H28N4O5S. The summed E-state index contributed by atoms with van der Waals surface area (Å²) in [7, 11) is -2.39. The number of sulfonamides is 1. The number of amides is 1. The van der Waals surface area contributed by atoms with Gasteiger partial charge in [-0.2, -0.15) is 14.1 Å². The molecule has 10 heteroatoms. The minimum absolute atomic E-state index is 0.0417. The molecule has 31 heavy (non-hydrogen) atoms. The summed E-state index contributed by atoms with van der Waals surface area (Å²) < 4.78 is 34.9. The molecule has 2 heterocycles. The molecule has 0 saturated heterocycles. The van der Waals surface area contributed by atoms with Crippen molar-refractivity contribution in [1.29, 1.82) is 0 Å². The first-order valence-corrected chi connectivity index (χ1v) is 11.8. The maximum atomic E-state index is 13.4. The van der Waals surface area contributed by atoms with Crippen molar-refractivity contribution in [1.82, 2.24) is 14.1 Å². The molecule has 0 atom stereocenters. The fourth-order valence-electron chi connectivity index (χ4n) is 3.71. The lowest BCUT2D eigenvalue weighted by atomic mass is 10.1. The van der Waals surface area contributed by atoms with Crippen molar-refractivity contribution < 1.29 is 22.7 Å². The molecule has 3 rings (SSSR count). The Bertz CT molecular complexity index is 1100. The Kier molecular flexibility index (Phi) is 6.80. The second kappa shape index (κ2) is 9.19. The van der Waals surface area contributed by atoms with E-state index in [2.05, 4.69) is 10.4 Å². The molecule has 0 radical (unpaired) electrons. The summed E-state index contributed by atoms with van der Waals surface area (Å²) in [5.41, 5.74) is 1.55. The Morgan fingerprint density at radius 1 is 1.16 bits per heavy atom. The average molecular weight is 449 g/mol. The molecule has 0 unspecified atom stereocenters. The molecule has 0 spiro atoms. The molecule has 1 N–H and O–H groups in total. The number of benzene rings is 1. The first-order chi connectivity index (χ1) is 14.7. The first kappa shape index (κ1) is 23.0. The van der Waals surface area contributed by atoms with Crippen molar-refractivity contribution in [2.75, 3.05) is 25.5 Å². The van der Waals surface area contributed by atoms with Crippen LogP contribution in [-0.2, 0) is 14.8 Å². The second-order valence-electron chi connectivity index (χ2n) is 7.43. The monoisotopic (exact) mass is 448 g/mol. The summed E-state index contributed by atoms with van der Waals surface area (Å²) >= 11 is 0. The van der Waals surface area contributed by atoms with Gasteiger partial charge in [0.05, 0.1) is 12.8 Å². The number of hydrogen-bond donors (Lipinski definition) is 1. The molecular weight excluding hydrogens is 420 g/mol. The van der Waals surface area contributed by atoms with Gasteiger partial charge >= 0.3 is 0 Å². The van der Waals surface area contributed by atoms with Crippen molar-refractivity contribution in [2.24, 2.45) is 0 Å². The number of aryl methyl sites for hydroxylation is 1. The molecule has 2 aromatic rings. The second-order valence-corrected chi connectivity index (χ2v) is 9.34. The third-order valence-corrected chi connectivity index (χ3v) is 7.06. The number of fused-ring (bicyclic) bond motifs is 1. The number of ether oxygens (including phenoxy) is 1. The molecule has 0 bridgehead atoms. The Labute approximate surface area is 182 Å². The fourth-order valence-corrected chi connectivity index (χ4v) is 5.52. The van der Waals surface area contributed by atoms with E-state index >= 15 is 0 Å². The Hall–Kier alpha value is -2.72. The number of rotatable bonds is 8. The van der Waals surface area contributed by atoms with Gasteiger partial charge < -0.3 is 10.1 Å². The minimum Gasteiger partial charge on any atom is -0.495 e. The number of carbonyl (C=O) groups excluding carboxylic acids is 2. The van der Waals surface area contributed by atoms with Crippen LogP contribution in [0.3, 0.4) is 0 Å². The van der Waals surface area contributed by atoms with Gasteiger partial charge in [-0.3, -0.25) is 9.59 Å². The Morgan fingerprint density at radius 2 is 1.84 bits per heavy atom. The Morgan fingerprint density at radius 3 is 2.45 bits per heavy atom. The highest BCUT2D eigenvalue weighted by atomic mass is 32.2. The van der Waals surface area contributed by atoms with E-state index in [1.807, 2.05) is 13.8 Å². The molecule has 0 saturated carbocycles. The summed E-state index contributed by atoms with van der Waals surface area (Å²) in [6.07, 6.45) is 1.51. The summed E-state index contributed by atoms with van der Waals surface area (Å²) in [4.78, 5) is 24.6. The maximum absolute atomic E-state index is 13.4. The zero-order valence-electron chi connectivity index (χ0n) is 18.3. The van der Waals surface area contributed by atoms with Crippen molar-refractivity contribution in [2.45, 2.75) is 51.3 Å². The minimum atomic E-state index is -3.82. The number of nitrogens with one attached hydrogen (secondary N) is 1. The van der Waals surface area contributed by atoms with Gasteiger partial charge in [0, 0.05) is 31.5 Å². The van der Waals surface area contributed by atoms with Gasteiger partial charge in [-0.1, -0.05) is 19.9 Å². The molecule has 1 aromatic carbocycles. The largest absolute Gasteiger partial charge is 0.495 e. The molecule has 168 valence electrons. The molecule has 1 aromatic heterocycles. The summed E-state index contributed by atoms with van der Waals surface area (Å²) in [6, 6.07) is 4.81. The highest BCUT2D eigenvalue weighted by molar-refractivity contribution is 7.89. The lowest BCUT2D eigenvalue weighted by Gasteiger charge is -2.22. The highest BCUT2D eigenvalue weighted by Gasteiger charge is 2.30. The fraction of sp³-hybridized carbons (Fsp3) is 0.476. The number of anilines is 1. The van der Waals surface area contributed by atoms with Crippen molar-refractivity contribution in [3.05, 3.63) is 23.9 Å². The van der Waals surface area contributed by atoms with Crippen LogP contribution in [0.25, 0.3) is 11.1 Å². The van der Waals surface area contributed by atoms with E-state index in [-0.39, 0.29) is 41.1 Å². The van der Waals surface area contributed by atoms with Crippen molar-refractivity contribution >= 4 is 27.7 Å².